The average molecular weight is 414 g/mol. The van der Waals surface area contributed by atoms with Crippen LogP contribution in [-0.2, 0) is 10.0 Å². The number of aromatic amines is 1. The normalized spacial score (nSPS) is 11.5. The first-order chi connectivity index (χ1) is 13.4. The Labute approximate surface area is 163 Å². The minimum atomic E-state index is -3.81. The van der Waals surface area contributed by atoms with Gasteiger partial charge in [0.15, 0.2) is 0 Å². The van der Waals surface area contributed by atoms with E-state index in [1.54, 1.807) is 11.6 Å². The van der Waals surface area contributed by atoms with E-state index in [9.17, 15) is 13.2 Å². The van der Waals surface area contributed by atoms with Gasteiger partial charge in [-0.25, -0.2) is 18.5 Å². The van der Waals surface area contributed by atoms with Crippen LogP contribution in [0.4, 0.5) is 0 Å². The predicted molar refractivity (Wildman–Crippen MR) is 105 cm³/mol. The highest BCUT2D eigenvalue weighted by Crippen LogP contribution is 2.30. The number of nitrogens with two attached hydrogens (primary N) is 1. The highest BCUT2D eigenvalue weighted by atomic mass is 32.2. The molecule has 2 aromatic carbocycles. The third kappa shape index (κ3) is 3.48. The first-order valence-electron chi connectivity index (χ1n) is 8.04. The Hall–Kier alpha value is -3.21. The molecule has 142 valence electrons. The van der Waals surface area contributed by atoms with Gasteiger partial charge in [-0.1, -0.05) is 30.3 Å². The van der Waals surface area contributed by atoms with Crippen molar-refractivity contribution in [3.05, 3.63) is 76.5 Å². The maximum atomic E-state index is 12.9. The van der Waals surface area contributed by atoms with E-state index in [1.807, 2.05) is 30.3 Å². The van der Waals surface area contributed by atoms with Crippen LogP contribution in [0.25, 0.3) is 16.4 Å². The number of nitrogens with one attached hydrogen (secondary N) is 1. The molecule has 4 aromatic rings. The molecule has 28 heavy (non-hydrogen) atoms. The Balaban J connectivity index is 1.80. The number of thiazole rings is 1. The Morgan fingerprint density at radius 3 is 2.39 bits per heavy atom. The van der Waals surface area contributed by atoms with Gasteiger partial charge in [-0.2, -0.15) is 4.68 Å². The van der Waals surface area contributed by atoms with Crippen molar-refractivity contribution in [2.45, 2.75) is 4.90 Å². The SMILES string of the molecule is NS(=O)(=O)c1ccc(Oc2c(-c3ccccc3)[nH]n(-c3nccs3)c2=O)cc1. The third-order valence-electron chi connectivity index (χ3n) is 3.89. The van der Waals surface area contributed by atoms with Gasteiger partial charge in [0, 0.05) is 17.1 Å². The van der Waals surface area contributed by atoms with E-state index >= 15 is 0 Å². The van der Waals surface area contributed by atoms with Gasteiger partial charge >= 0.3 is 5.56 Å². The minimum absolute atomic E-state index is 0.0441. The van der Waals surface area contributed by atoms with E-state index in [1.165, 1.54) is 40.3 Å². The third-order valence-corrected chi connectivity index (χ3v) is 5.58. The number of benzene rings is 2. The highest BCUT2D eigenvalue weighted by molar-refractivity contribution is 7.89. The molecule has 0 spiro atoms. The first kappa shape index (κ1) is 18.2. The molecule has 0 amide bonds. The van der Waals surface area contributed by atoms with Gasteiger partial charge in [0.1, 0.15) is 11.4 Å². The number of aromatic nitrogens is 3. The summed E-state index contributed by atoms with van der Waals surface area (Å²) >= 11 is 1.30. The van der Waals surface area contributed by atoms with Crippen LogP contribution in [-0.4, -0.2) is 23.2 Å². The monoisotopic (exact) mass is 414 g/mol. The fraction of sp³-hybridized carbons (Fsp3) is 0. The van der Waals surface area contributed by atoms with E-state index in [4.69, 9.17) is 9.88 Å². The maximum Gasteiger partial charge on any atom is 0.317 e. The van der Waals surface area contributed by atoms with Crippen molar-refractivity contribution >= 4 is 21.4 Å². The molecule has 4 rings (SSSR count). The smallest absolute Gasteiger partial charge is 0.317 e. The summed E-state index contributed by atoms with van der Waals surface area (Å²) in [5.74, 6) is 0.372. The number of hydrogen-bond donors (Lipinski definition) is 2. The van der Waals surface area contributed by atoms with Gasteiger partial charge in [0.05, 0.1) is 4.90 Å². The largest absolute Gasteiger partial charge is 0.449 e. The van der Waals surface area contributed by atoms with Crippen molar-refractivity contribution in [3.63, 3.8) is 0 Å². The molecule has 10 heteroatoms. The Morgan fingerprint density at radius 1 is 1.07 bits per heavy atom. The second-order valence-electron chi connectivity index (χ2n) is 5.76. The zero-order chi connectivity index (χ0) is 19.7. The lowest BCUT2D eigenvalue weighted by atomic mass is 10.1. The van der Waals surface area contributed by atoms with Gasteiger partial charge < -0.3 is 4.74 Å². The van der Waals surface area contributed by atoms with Gasteiger partial charge in [-0.3, -0.25) is 9.89 Å². The Morgan fingerprint density at radius 2 is 1.79 bits per heavy atom. The molecule has 0 saturated heterocycles. The zero-order valence-corrected chi connectivity index (χ0v) is 15.9. The van der Waals surface area contributed by atoms with Crippen LogP contribution in [0.15, 0.2) is 75.9 Å². The van der Waals surface area contributed by atoms with Gasteiger partial charge in [0.2, 0.25) is 20.9 Å². The molecule has 0 radical (unpaired) electrons. The zero-order valence-electron chi connectivity index (χ0n) is 14.3. The Bertz CT molecular complexity index is 1260. The summed E-state index contributed by atoms with van der Waals surface area (Å²) in [6.45, 7) is 0. The van der Waals surface area contributed by atoms with Crippen molar-refractivity contribution in [1.29, 1.82) is 0 Å². The number of H-pyrrole nitrogens is 1. The van der Waals surface area contributed by atoms with E-state index in [2.05, 4.69) is 10.1 Å². The number of hydrogen-bond acceptors (Lipinski definition) is 6. The predicted octanol–water partition coefficient (Wildman–Crippen LogP) is 2.73. The van der Waals surface area contributed by atoms with Gasteiger partial charge in [0.25, 0.3) is 0 Å². The molecular formula is C18H14N4O4S2. The molecule has 0 atom stereocenters. The fourth-order valence-corrected chi connectivity index (χ4v) is 3.71. The summed E-state index contributed by atoms with van der Waals surface area (Å²) in [5, 5.41) is 10.4. The molecule has 0 bridgehead atoms. The molecule has 8 nitrogen and oxygen atoms in total. The van der Waals surface area contributed by atoms with Gasteiger partial charge in [-0.05, 0) is 24.3 Å². The molecule has 0 unspecified atom stereocenters. The van der Waals surface area contributed by atoms with Crippen LogP contribution >= 0.6 is 11.3 Å². The summed E-state index contributed by atoms with van der Waals surface area (Å²) in [5.41, 5.74) is 0.826. The van der Waals surface area contributed by atoms with Crippen LogP contribution in [0.2, 0.25) is 0 Å². The number of primary sulfonamides is 1. The minimum Gasteiger partial charge on any atom is -0.449 e. The van der Waals surface area contributed by atoms with Crippen LogP contribution in [0, 0.1) is 0 Å². The van der Waals surface area contributed by atoms with Crippen LogP contribution < -0.4 is 15.4 Å². The molecule has 0 aliphatic heterocycles. The van der Waals surface area contributed by atoms with E-state index in [0.717, 1.165) is 5.56 Å². The maximum absolute atomic E-state index is 12.9. The number of nitrogens with zero attached hydrogens (tertiary/aromatic N) is 2. The first-order valence-corrected chi connectivity index (χ1v) is 10.5. The van der Waals surface area contributed by atoms with Crippen LogP contribution in [0.1, 0.15) is 0 Å². The molecule has 0 aliphatic carbocycles. The quantitative estimate of drug-likeness (QED) is 0.520. The number of rotatable bonds is 5. The number of sulfonamides is 1. The second kappa shape index (κ2) is 7.08. The molecule has 2 heterocycles. The molecule has 0 aliphatic rings. The fourth-order valence-electron chi connectivity index (χ4n) is 2.59. The summed E-state index contributed by atoms with van der Waals surface area (Å²) in [4.78, 5) is 17.1. The lowest BCUT2D eigenvalue weighted by Gasteiger charge is -2.06. The summed E-state index contributed by atoms with van der Waals surface area (Å²) in [6.07, 6.45) is 1.60. The van der Waals surface area contributed by atoms with E-state index < -0.39 is 15.6 Å². The van der Waals surface area contributed by atoms with Crippen molar-refractivity contribution in [2.24, 2.45) is 5.14 Å². The lowest BCUT2D eigenvalue weighted by molar-refractivity contribution is 0.478. The molecule has 0 fully saturated rings. The Kier molecular flexibility index (Phi) is 4.59. The second-order valence-corrected chi connectivity index (χ2v) is 8.19. The molecular weight excluding hydrogens is 400 g/mol. The van der Waals surface area contributed by atoms with Crippen molar-refractivity contribution in [2.75, 3.05) is 0 Å². The summed E-state index contributed by atoms with van der Waals surface area (Å²) < 4.78 is 29.9. The van der Waals surface area contributed by atoms with E-state index in [-0.39, 0.29) is 10.6 Å². The lowest BCUT2D eigenvalue weighted by Crippen LogP contribution is -2.15. The van der Waals surface area contributed by atoms with Gasteiger partial charge in [-0.15, -0.1) is 11.3 Å². The van der Waals surface area contributed by atoms with Crippen molar-refractivity contribution in [3.8, 4) is 27.9 Å². The van der Waals surface area contributed by atoms with Crippen LogP contribution in [0.3, 0.4) is 0 Å². The van der Waals surface area contributed by atoms with E-state index in [0.29, 0.717) is 16.6 Å². The molecule has 0 saturated carbocycles. The summed E-state index contributed by atoms with van der Waals surface area (Å²) in [6, 6.07) is 14.8. The molecule has 3 N–H and O–H groups in total. The molecule has 2 aromatic heterocycles. The number of ether oxygens (including phenoxy) is 1. The van der Waals surface area contributed by atoms with Crippen molar-refractivity contribution in [1.82, 2.24) is 14.8 Å². The standard InChI is InChI=1S/C18H14N4O4S2/c19-28(24,25)14-8-6-13(7-9-14)26-16-15(12-4-2-1-3-5-12)21-22(17(16)23)18-20-10-11-27-18/h1-11,21H,(H2,19,24,25). The highest BCUT2D eigenvalue weighted by Gasteiger charge is 2.20. The van der Waals surface area contributed by atoms with Crippen molar-refractivity contribution < 1.29 is 13.2 Å². The summed E-state index contributed by atoms with van der Waals surface area (Å²) in [7, 11) is -3.81. The topological polar surface area (TPSA) is 120 Å². The van der Waals surface area contributed by atoms with Crippen LogP contribution in [0.5, 0.6) is 11.5 Å². The average Bonchev–Trinajstić information content (AvgIpc) is 3.31.